The molecule has 0 saturated heterocycles. The molecular formula is C24H31N5O3S. The van der Waals surface area contributed by atoms with Crippen LogP contribution in [0.5, 0.6) is 0 Å². The van der Waals surface area contributed by atoms with Crippen LogP contribution >= 0.6 is 0 Å². The van der Waals surface area contributed by atoms with E-state index in [1.165, 1.54) is 12.1 Å². The van der Waals surface area contributed by atoms with E-state index in [0.717, 1.165) is 31.7 Å². The van der Waals surface area contributed by atoms with Gasteiger partial charge in [0.25, 0.3) is 15.9 Å². The number of carbonyl (C=O) groups excluding carboxylic acids is 1. The van der Waals surface area contributed by atoms with Gasteiger partial charge in [-0.05, 0) is 62.3 Å². The van der Waals surface area contributed by atoms with E-state index in [1.807, 2.05) is 13.0 Å². The molecule has 1 aromatic heterocycles. The first-order valence-electron chi connectivity index (χ1n) is 11.0. The minimum atomic E-state index is -3.84. The van der Waals surface area contributed by atoms with Crippen LogP contribution in [-0.4, -0.2) is 48.6 Å². The maximum absolute atomic E-state index is 12.9. The fraction of sp³-hybridized carbons (Fsp3) is 0.333. The number of nitrogens with one attached hydrogen (secondary N) is 2. The molecule has 0 unspecified atom stereocenters. The maximum Gasteiger partial charge on any atom is 0.261 e. The number of nitrogens with zero attached hydrogens (tertiary/aromatic N) is 3. The first-order chi connectivity index (χ1) is 15.7. The van der Waals surface area contributed by atoms with Crippen LogP contribution in [0.4, 0.5) is 11.4 Å². The molecule has 0 aliphatic carbocycles. The van der Waals surface area contributed by atoms with E-state index >= 15 is 0 Å². The van der Waals surface area contributed by atoms with Crippen LogP contribution in [0.2, 0.25) is 0 Å². The Hall–Kier alpha value is -3.17. The number of carbonyl (C=O) groups is 1. The maximum atomic E-state index is 12.9. The fourth-order valence-electron chi connectivity index (χ4n) is 3.47. The average Bonchev–Trinajstić information content (AvgIpc) is 3.21. The predicted molar refractivity (Wildman–Crippen MR) is 131 cm³/mol. The zero-order chi connectivity index (χ0) is 24.0. The third-order valence-electron chi connectivity index (χ3n) is 5.47. The molecule has 176 valence electrons. The summed E-state index contributed by atoms with van der Waals surface area (Å²) < 4.78 is 30.1. The van der Waals surface area contributed by atoms with Crippen molar-refractivity contribution in [1.29, 1.82) is 0 Å². The Bertz CT molecular complexity index is 1220. The highest BCUT2D eigenvalue weighted by atomic mass is 32.2. The van der Waals surface area contributed by atoms with Crippen LogP contribution < -0.4 is 10.0 Å². The number of likely N-dealkylation sites (N-methyl/N-ethyl adjacent to an activating group) is 1. The van der Waals surface area contributed by atoms with E-state index in [2.05, 4.69) is 33.9 Å². The molecule has 0 aliphatic rings. The Morgan fingerprint density at radius 2 is 1.82 bits per heavy atom. The fourth-order valence-corrected chi connectivity index (χ4v) is 4.54. The minimum absolute atomic E-state index is 0.0228. The van der Waals surface area contributed by atoms with Gasteiger partial charge in [0.2, 0.25) is 0 Å². The number of rotatable bonds is 10. The molecular weight excluding hydrogens is 438 g/mol. The van der Waals surface area contributed by atoms with Crippen molar-refractivity contribution in [1.82, 2.24) is 14.7 Å². The lowest BCUT2D eigenvalue weighted by molar-refractivity contribution is 0.102. The van der Waals surface area contributed by atoms with E-state index in [1.54, 1.807) is 48.3 Å². The Kier molecular flexibility index (Phi) is 7.88. The molecule has 0 spiro atoms. The van der Waals surface area contributed by atoms with Gasteiger partial charge in [-0.3, -0.25) is 14.2 Å². The Morgan fingerprint density at radius 1 is 1.06 bits per heavy atom. The molecule has 2 N–H and O–H groups in total. The van der Waals surface area contributed by atoms with Crippen molar-refractivity contribution in [2.45, 2.75) is 39.1 Å². The lowest BCUT2D eigenvalue weighted by Gasteiger charge is -2.17. The quantitative estimate of drug-likeness (QED) is 0.470. The second-order valence-electron chi connectivity index (χ2n) is 7.92. The summed E-state index contributed by atoms with van der Waals surface area (Å²) in [5.74, 6) is -0.386. The molecule has 0 saturated carbocycles. The van der Waals surface area contributed by atoms with Crippen molar-refractivity contribution < 1.29 is 13.2 Å². The van der Waals surface area contributed by atoms with Crippen LogP contribution in [0.25, 0.3) is 0 Å². The summed E-state index contributed by atoms with van der Waals surface area (Å²) in [5, 5.41) is 7.13. The lowest BCUT2D eigenvalue weighted by Crippen LogP contribution is -2.27. The molecule has 0 atom stereocenters. The molecule has 9 heteroatoms. The van der Waals surface area contributed by atoms with Gasteiger partial charge in [0.1, 0.15) is 0 Å². The number of aryl methyl sites for hydroxylation is 2. The zero-order valence-electron chi connectivity index (χ0n) is 19.5. The van der Waals surface area contributed by atoms with Crippen molar-refractivity contribution in [3.05, 3.63) is 71.5 Å². The first-order valence-corrected chi connectivity index (χ1v) is 12.5. The van der Waals surface area contributed by atoms with Crippen LogP contribution in [-0.2, 0) is 16.6 Å². The largest absolute Gasteiger partial charge is 0.319 e. The Labute approximate surface area is 195 Å². The number of hydrogen-bond acceptors (Lipinski definition) is 5. The summed E-state index contributed by atoms with van der Waals surface area (Å²) in [5.41, 5.74) is 2.94. The number of anilines is 2. The Morgan fingerprint density at radius 3 is 2.52 bits per heavy atom. The Balaban J connectivity index is 1.73. The summed E-state index contributed by atoms with van der Waals surface area (Å²) in [4.78, 5) is 15.2. The number of aromatic nitrogens is 2. The van der Waals surface area contributed by atoms with Crippen molar-refractivity contribution in [2.75, 3.05) is 29.7 Å². The van der Waals surface area contributed by atoms with E-state index in [0.29, 0.717) is 16.9 Å². The molecule has 8 nitrogen and oxygen atoms in total. The number of benzene rings is 2. The first kappa shape index (κ1) is 24.5. The van der Waals surface area contributed by atoms with E-state index in [4.69, 9.17) is 0 Å². The van der Waals surface area contributed by atoms with E-state index < -0.39 is 10.0 Å². The van der Waals surface area contributed by atoms with Gasteiger partial charge in [-0.1, -0.05) is 32.0 Å². The third-order valence-corrected chi connectivity index (χ3v) is 6.84. The SMILES string of the molecule is CCN(CC)CCn1cc(NC(=O)c2cc(S(=O)(=O)Nc3cccc(C)c3)ccc2C)cn1. The standard InChI is InChI=1S/C24H31N5O3S/c1-5-28(6-2)12-13-29-17-21(16-25-29)26-24(30)23-15-22(11-10-19(23)4)33(31,32)27-20-9-7-8-18(3)14-20/h7-11,14-17,27H,5-6,12-13H2,1-4H3,(H,26,30). The molecule has 1 heterocycles. The topological polar surface area (TPSA) is 96.3 Å². The van der Waals surface area contributed by atoms with Crippen molar-refractivity contribution in [2.24, 2.45) is 0 Å². The normalized spacial score (nSPS) is 11.5. The molecule has 0 radical (unpaired) electrons. The van der Waals surface area contributed by atoms with Gasteiger partial charge in [0, 0.05) is 24.0 Å². The highest BCUT2D eigenvalue weighted by Gasteiger charge is 2.19. The smallest absolute Gasteiger partial charge is 0.261 e. The number of hydrogen-bond donors (Lipinski definition) is 2. The van der Waals surface area contributed by atoms with Crippen molar-refractivity contribution in [3.63, 3.8) is 0 Å². The molecule has 0 fully saturated rings. The van der Waals surface area contributed by atoms with Gasteiger partial charge < -0.3 is 10.2 Å². The third kappa shape index (κ3) is 6.43. The molecule has 0 aliphatic heterocycles. The van der Waals surface area contributed by atoms with Crippen LogP contribution in [0.3, 0.4) is 0 Å². The van der Waals surface area contributed by atoms with Gasteiger partial charge in [-0.2, -0.15) is 5.10 Å². The van der Waals surface area contributed by atoms with Crippen molar-refractivity contribution in [3.8, 4) is 0 Å². The van der Waals surface area contributed by atoms with Gasteiger partial charge in [-0.15, -0.1) is 0 Å². The molecule has 33 heavy (non-hydrogen) atoms. The lowest BCUT2D eigenvalue weighted by atomic mass is 10.1. The summed E-state index contributed by atoms with van der Waals surface area (Å²) >= 11 is 0. The minimum Gasteiger partial charge on any atom is -0.319 e. The van der Waals surface area contributed by atoms with Gasteiger partial charge in [0.15, 0.2) is 0 Å². The van der Waals surface area contributed by atoms with E-state index in [9.17, 15) is 13.2 Å². The van der Waals surface area contributed by atoms with Crippen LogP contribution in [0, 0.1) is 13.8 Å². The predicted octanol–water partition coefficient (Wildman–Crippen LogP) is 3.89. The average molecular weight is 470 g/mol. The monoisotopic (exact) mass is 469 g/mol. The van der Waals surface area contributed by atoms with Gasteiger partial charge >= 0.3 is 0 Å². The van der Waals surface area contributed by atoms with Gasteiger partial charge in [0.05, 0.1) is 23.3 Å². The highest BCUT2D eigenvalue weighted by Crippen LogP contribution is 2.21. The molecule has 3 rings (SSSR count). The van der Waals surface area contributed by atoms with E-state index in [-0.39, 0.29) is 16.4 Å². The second kappa shape index (κ2) is 10.6. The van der Waals surface area contributed by atoms with Crippen LogP contribution in [0.1, 0.15) is 35.3 Å². The molecule has 3 aromatic rings. The highest BCUT2D eigenvalue weighted by molar-refractivity contribution is 7.92. The molecule has 2 aromatic carbocycles. The summed E-state index contributed by atoms with van der Waals surface area (Å²) in [7, 11) is -3.84. The second-order valence-corrected chi connectivity index (χ2v) is 9.61. The summed E-state index contributed by atoms with van der Waals surface area (Å²) in [6, 6.07) is 11.6. The summed E-state index contributed by atoms with van der Waals surface area (Å²) in [6.45, 7) is 11.4. The zero-order valence-corrected chi connectivity index (χ0v) is 20.3. The summed E-state index contributed by atoms with van der Waals surface area (Å²) in [6.07, 6.45) is 3.37. The molecule has 0 bridgehead atoms. The van der Waals surface area contributed by atoms with Crippen LogP contribution in [0.15, 0.2) is 59.8 Å². The molecule has 1 amide bonds. The number of amides is 1. The van der Waals surface area contributed by atoms with Crippen molar-refractivity contribution >= 4 is 27.3 Å². The van der Waals surface area contributed by atoms with Gasteiger partial charge in [-0.25, -0.2) is 8.42 Å². The number of sulfonamides is 1.